The monoisotopic (exact) mass is 252 g/mol. The summed E-state index contributed by atoms with van der Waals surface area (Å²) in [5.74, 6) is 0. The minimum atomic E-state index is 0.302. The highest BCUT2D eigenvalue weighted by Gasteiger charge is 2.42. The molecule has 0 aromatic carbocycles. The maximum Gasteiger partial charge on any atom is 0.0710 e. The average Bonchev–Trinajstić information content (AvgIpc) is 3.02. The molecule has 2 atom stereocenters. The predicted molar refractivity (Wildman–Crippen MR) is 73.8 cm³/mol. The van der Waals surface area contributed by atoms with Gasteiger partial charge in [0.1, 0.15) is 0 Å². The van der Waals surface area contributed by atoms with Gasteiger partial charge in [0.15, 0.2) is 0 Å². The van der Waals surface area contributed by atoms with Crippen LogP contribution < -0.4 is 5.32 Å². The number of rotatable bonds is 3. The normalized spacial score (nSPS) is 35.7. The molecule has 0 amide bonds. The maximum absolute atomic E-state index is 6.41. The number of nitrogens with zero attached hydrogens (tertiary/aromatic N) is 1. The van der Waals surface area contributed by atoms with Gasteiger partial charge in [-0.15, -0.1) is 0 Å². The standard InChI is InChI=1S/C15H28N2O/c1-17(13-5-4-10-16-11-13)12-14-6-9-15(18-14)7-2-3-8-15/h13-14,16H,2-12H2,1H3. The smallest absolute Gasteiger partial charge is 0.0710 e. The van der Waals surface area contributed by atoms with Gasteiger partial charge >= 0.3 is 0 Å². The Labute approximate surface area is 111 Å². The van der Waals surface area contributed by atoms with Gasteiger partial charge in [-0.25, -0.2) is 0 Å². The van der Waals surface area contributed by atoms with Gasteiger partial charge in [-0.05, 0) is 52.1 Å². The van der Waals surface area contributed by atoms with Gasteiger partial charge in [0.25, 0.3) is 0 Å². The molecule has 18 heavy (non-hydrogen) atoms. The van der Waals surface area contributed by atoms with E-state index in [4.69, 9.17) is 4.74 Å². The van der Waals surface area contributed by atoms with Crippen molar-refractivity contribution in [1.82, 2.24) is 10.2 Å². The quantitative estimate of drug-likeness (QED) is 0.833. The molecule has 1 spiro atoms. The van der Waals surface area contributed by atoms with Gasteiger partial charge in [0.2, 0.25) is 0 Å². The Bertz CT molecular complexity index is 270. The SMILES string of the molecule is CN(CC1CCC2(CCCC2)O1)C1CCCNC1. The molecule has 3 rings (SSSR count). The van der Waals surface area contributed by atoms with Crippen molar-refractivity contribution in [1.29, 1.82) is 0 Å². The topological polar surface area (TPSA) is 24.5 Å². The molecule has 3 aliphatic rings. The number of piperidine rings is 1. The number of likely N-dealkylation sites (N-methyl/N-ethyl adjacent to an activating group) is 1. The van der Waals surface area contributed by atoms with Crippen LogP contribution in [0, 0.1) is 0 Å². The van der Waals surface area contributed by atoms with Crippen molar-refractivity contribution >= 4 is 0 Å². The van der Waals surface area contributed by atoms with Crippen LogP contribution in [0.4, 0.5) is 0 Å². The summed E-state index contributed by atoms with van der Waals surface area (Å²) in [6.45, 7) is 3.50. The molecule has 3 fully saturated rings. The lowest BCUT2D eigenvalue weighted by molar-refractivity contribution is -0.0491. The average molecular weight is 252 g/mol. The van der Waals surface area contributed by atoms with Crippen molar-refractivity contribution in [3.05, 3.63) is 0 Å². The molecule has 3 heteroatoms. The second kappa shape index (κ2) is 5.48. The Morgan fingerprint density at radius 1 is 1.17 bits per heavy atom. The van der Waals surface area contributed by atoms with Crippen LogP contribution in [-0.4, -0.2) is 49.3 Å². The molecule has 0 bridgehead atoms. The number of nitrogens with one attached hydrogen (secondary N) is 1. The Morgan fingerprint density at radius 2 is 2.00 bits per heavy atom. The fourth-order valence-corrected chi connectivity index (χ4v) is 4.09. The second-order valence-electron chi connectivity index (χ2n) is 6.61. The fourth-order valence-electron chi connectivity index (χ4n) is 4.09. The molecule has 2 unspecified atom stereocenters. The van der Waals surface area contributed by atoms with Gasteiger partial charge in [-0.1, -0.05) is 12.8 Å². The summed E-state index contributed by atoms with van der Waals surface area (Å²) in [6.07, 6.45) is 11.2. The van der Waals surface area contributed by atoms with Crippen molar-refractivity contribution < 1.29 is 4.74 Å². The second-order valence-corrected chi connectivity index (χ2v) is 6.61. The fraction of sp³-hybridized carbons (Fsp3) is 1.00. The van der Waals surface area contributed by atoms with Crippen molar-refractivity contribution in [3.63, 3.8) is 0 Å². The van der Waals surface area contributed by atoms with E-state index in [0.717, 1.165) is 19.1 Å². The molecule has 2 saturated heterocycles. The highest BCUT2D eigenvalue weighted by molar-refractivity contribution is 4.93. The molecule has 3 nitrogen and oxygen atoms in total. The zero-order chi connectivity index (χ0) is 12.4. The first kappa shape index (κ1) is 12.9. The first-order valence-electron chi connectivity index (χ1n) is 7.86. The summed E-state index contributed by atoms with van der Waals surface area (Å²) in [5.41, 5.74) is 0.302. The molecule has 104 valence electrons. The van der Waals surface area contributed by atoms with E-state index in [1.54, 1.807) is 0 Å². The van der Waals surface area contributed by atoms with E-state index in [-0.39, 0.29) is 0 Å². The van der Waals surface area contributed by atoms with Crippen LogP contribution in [0.25, 0.3) is 0 Å². The number of ether oxygens (including phenoxy) is 1. The summed E-state index contributed by atoms with van der Waals surface area (Å²) in [6, 6.07) is 0.725. The third-order valence-corrected chi connectivity index (χ3v) is 5.24. The van der Waals surface area contributed by atoms with Gasteiger partial charge in [0, 0.05) is 19.1 Å². The summed E-state index contributed by atoms with van der Waals surface area (Å²) >= 11 is 0. The molecule has 0 radical (unpaired) electrons. The lowest BCUT2D eigenvalue weighted by Crippen LogP contribution is -2.46. The molecule has 2 aliphatic heterocycles. The molecule has 1 N–H and O–H groups in total. The van der Waals surface area contributed by atoms with E-state index in [9.17, 15) is 0 Å². The molecular formula is C15H28N2O. The largest absolute Gasteiger partial charge is 0.370 e. The lowest BCUT2D eigenvalue weighted by Gasteiger charge is -2.33. The minimum absolute atomic E-state index is 0.302. The van der Waals surface area contributed by atoms with Crippen molar-refractivity contribution in [3.8, 4) is 0 Å². The highest BCUT2D eigenvalue weighted by Crippen LogP contribution is 2.43. The molecule has 1 saturated carbocycles. The van der Waals surface area contributed by atoms with Crippen LogP contribution >= 0.6 is 0 Å². The zero-order valence-electron chi connectivity index (χ0n) is 11.8. The van der Waals surface area contributed by atoms with E-state index < -0.39 is 0 Å². The van der Waals surface area contributed by atoms with E-state index in [1.807, 2.05) is 0 Å². The number of hydrogen-bond acceptors (Lipinski definition) is 3. The zero-order valence-corrected chi connectivity index (χ0v) is 11.8. The van der Waals surface area contributed by atoms with Crippen LogP contribution in [0.1, 0.15) is 51.4 Å². The molecule has 0 aromatic heterocycles. The lowest BCUT2D eigenvalue weighted by atomic mass is 9.98. The van der Waals surface area contributed by atoms with Gasteiger partial charge in [0.05, 0.1) is 11.7 Å². The Kier molecular flexibility index (Phi) is 3.92. The van der Waals surface area contributed by atoms with Crippen molar-refractivity contribution in [2.75, 3.05) is 26.7 Å². The van der Waals surface area contributed by atoms with Crippen LogP contribution in [0.3, 0.4) is 0 Å². The first-order valence-corrected chi connectivity index (χ1v) is 7.86. The summed E-state index contributed by atoms with van der Waals surface area (Å²) in [4.78, 5) is 2.53. The number of hydrogen-bond donors (Lipinski definition) is 1. The molecule has 0 aromatic rings. The van der Waals surface area contributed by atoms with Crippen molar-refractivity contribution in [2.24, 2.45) is 0 Å². The Morgan fingerprint density at radius 3 is 2.72 bits per heavy atom. The maximum atomic E-state index is 6.41. The van der Waals surface area contributed by atoms with Gasteiger partial charge < -0.3 is 10.1 Å². The van der Waals surface area contributed by atoms with Crippen LogP contribution in [-0.2, 0) is 4.74 Å². The first-order chi connectivity index (χ1) is 8.77. The third kappa shape index (κ3) is 2.73. The van der Waals surface area contributed by atoms with E-state index in [2.05, 4.69) is 17.3 Å². The summed E-state index contributed by atoms with van der Waals surface area (Å²) in [5, 5.41) is 3.51. The highest BCUT2D eigenvalue weighted by atomic mass is 16.5. The molecule has 1 aliphatic carbocycles. The Balaban J connectivity index is 1.48. The van der Waals surface area contributed by atoms with Crippen LogP contribution in [0.15, 0.2) is 0 Å². The molecule has 2 heterocycles. The Hall–Kier alpha value is -0.120. The van der Waals surface area contributed by atoms with E-state index in [0.29, 0.717) is 11.7 Å². The summed E-state index contributed by atoms with van der Waals surface area (Å²) in [7, 11) is 2.28. The third-order valence-electron chi connectivity index (χ3n) is 5.24. The van der Waals surface area contributed by atoms with Crippen molar-refractivity contribution in [2.45, 2.75) is 69.1 Å². The minimum Gasteiger partial charge on any atom is -0.370 e. The predicted octanol–water partition coefficient (Wildman–Crippen LogP) is 2.16. The summed E-state index contributed by atoms with van der Waals surface area (Å²) < 4.78 is 6.41. The van der Waals surface area contributed by atoms with Crippen LogP contribution in [0.2, 0.25) is 0 Å². The van der Waals surface area contributed by atoms with E-state index >= 15 is 0 Å². The van der Waals surface area contributed by atoms with Gasteiger partial charge in [-0.2, -0.15) is 0 Å². The van der Waals surface area contributed by atoms with Gasteiger partial charge in [-0.3, -0.25) is 4.90 Å². The molecular weight excluding hydrogens is 224 g/mol. The van der Waals surface area contributed by atoms with E-state index in [1.165, 1.54) is 57.9 Å². The van der Waals surface area contributed by atoms with Crippen LogP contribution in [0.5, 0.6) is 0 Å².